The molecule has 0 bridgehead atoms. The molecule has 4 nitrogen and oxygen atoms in total. The van der Waals surface area contributed by atoms with Crippen molar-refractivity contribution >= 4 is 5.96 Å². The Kier molecular flexibility index (Phi) is 5.29. The minimum atomic E-state index is 0.473. The van der Waals surface area contributed by atoms with E-state index < -0.39 is 0 Å². The predicted octanol–water partition coefficient (Wildman–Crippen LogP) is 1.95. The summed E-state index contributed by atoms with van der Waals surface area (Å²) in [5, 5.41) is 6.64. The molecule has 0 atom stereocenters. The Morgan fingerprint density at radius 3 is 2.68 bits per heavy atom. The number of hydrogen-bond donors (Lipinski definition) is 2. The van der Waals surface area contributed by atoms with Gasteiger partial charge in [0.15, 0.2) is 5.96 Å². The van der Waals surface area contributed by atoms with Gasteiger partial charge in [-0.05, 0) is 25.0 Å². The number of hydrogen-bond acceptors (Lipinski definition) is 2. The van der Waals surface area contributed by atoms with Crippen LogP contribution in [-0.4, -0.2) is 32.2 Å². The Balaban J connectivity index is 1.63. The largest absolute Gasteiger partial charge is 0.492 e. The van der Waals surface area contributed by atoms with Crippen molar-refractivity contribution in [1.29, 1.82) is 0 Å². The Bertz CT molecular complexity index is 420. The van der Waals surface area contributed by atoms with Gasteiger partial charge < -0.3 is 15.4 Å². The summed E-state index contributed by atoms with van der Waals surface area (Å²) >= 11 is 0. The van der Waals surface area contributed by atoms with Crippen LogP contribution < -0.4 is 15.4 Å². The number of aliphatic imine (C=N–C) groups is 1. The van der Waals surface area contributed by atoms with Gasteiger partial charge in [-0.2, -0.15) is 0 Å². The maximum atomic E-state index is 5.61. The standard InChI is InChI=1S/C15H21N3O/c1-16-15(18-13-7-5-6-8-13)17-11-12-19-14-9-3-2-4-10-14/h2-6,9-10,13H,7-8,11-12H2,1H3,(H2,16,17,18). The molecule has 1 aromatic rings. The fraction of sp³-hybridized carbons (Fsp3) is 0.400. The third-order valence-electron chi connectivity index (χ3n) is 2.98. The average Bonchev–Trinajstić information content (AvgIpc) is 2.96. The number of benzene rings is 1. The Labute approximate surface area is 114 Å². The van der Waals surface area contributed by atoms with Crippen molar-refractivity contribution in [2.45, 2.75) is 18.9 Å². The molecular weight excluding hydrogens is 238 g/mol. The molecule has 0 aromatic heterocycles. The fourth-order valence-corrected chi connectivity index (χ4v) is 1.98. The van der Waals surface area contributed by atoms with Crippen LogP contribution in [0.4, 0.5) is 0 Å². The summed E-state index contributed by atoms with van der Waals surface area (Å²) < 4.78 is 5.61. The molecule has 0 amide bonds. The molecule has 0 saturated heterocycles. The molecule has 2 N–H and O–H groups in total. The maximum absolute atomic E-state index is 5.61. The van der Waals surface area contributed by atoms with Crippen LogP contribution in [0.25, 0.3) is 0 Å². The van der Waals surface area contributed by atoms with Gasteiger partial charge in [0.2, 0.25) is 0 Å². The van der Waals surface area contributed by atoms with Gasteiger partial charge in [0.25, 0.3) is 0 Å². The lowest BCUT2D eigenvalue weighted by Crippen LogP contribution is -2.43. The quantitative estimate of drug-likeness (QED) is 0.368. The molecule has 1 aliphatic carbocycles. The third kappa shape index (κ3) is 4.66. The molecule has 1 aliphatic rings. The van der Waals surface area contributed by atoms with Crippen LogP contribution in [-0.2, 0) is 0 Å². The van der Waals surface area contributed by atoms with E-state index in [9.17, 15) is 0 Å². The van der Waals surface area contributed by atoms with E-state index in [0.717, 1.165) is 31.1 Å². The van der Waals surface area contributed by atoms with Gasteiger partial charge in [-0.3, -0.25) is 4.99 Å². The van der Waals surface area contributed by atoms with Crippen LogP contribution in [0.1, 0.15) is 12.8 Å². The van der Waals surface area contributed by atoms with Gasteiger partial charge in [-0.15, -0.1) is 0 Å². The van der Waals surface area contributed by atoms with E-state index in [1.807, 2.05) is 30.3 Å². The first-order valence-corrected chi connectivity index (χ1v) is 6.68. The summed E-state index contributed by atoms with van der Waals surface area (Å²) in [6, 6.07) is 10.3. The van der Waals surface area contributed by atoms with Crippen LogP contribution >= 0.6 is 0 Å². The topological polar surface area (TPSA) is 45.7 Å². The van der Waals surface area contributed by atoms with Crippen LogP contribution in [0, 0.1) is 0 Å². The first kappa shape index (κ1) is 13.5. The SMILES string of the molecule is CN=C(NCCOc1ccccc1)NC1CC=CC1. The molecule has 0 radical (unpaired) electrons. The van der Waals surface area contributed by atoms with Crippen LogP contribution in [0.2, 0.25) is 0 Å². The van der Waals surface area contributed by atoms with Crippen molar-refractivity contribution < 1.29 is 4.74 Å². The molecule has 1 aromatic carbocycles. The van der Waals surface area contributed by atoms with Crippen molar-refractivity contribution in [1.82, 2.24) is 10.6 Å². The molecule has 102 valence electrons. The zero-order chi connectivity index (χ0) is 13.3. The van der Waals surface area contributed by atoms with Gasteiger partial charge in [0.1, 0.15) is 12.4 Å². The van der Waals surface area contributed by atoms with E-state index in [2.05, 4.69) is 27.8 Å². The van der Waals surface area contributed by atoms with Gasteiger partial charge in [-0.1, -0.05) is 30.4 Å². The average molecular weight is 259 g/mol. The molecular formula is C15H21N3O. The van der Waals surface area contributed by atoms with Gasteiger partial charge >= 0.3 is 0 Å². The zero-order valence-electron chi connectivity index (χ0n) is 11.3. The highest BCUT2D eigenvalue weighted by atomic mass is 16.5. The maximum Gasteiger partial charge on any atom is 0.191 e. The van der Waals surface area contributed by atoms with E-state index in [0.29, 0.717) is 12.6 Å². The third-order valence-corrected chi connectivity index (χ3v) is 2.98. The van der Waals surface area contributed by atoms with Crippen LogP contribution in [0.15, 0.2) is 47.5 Å². The monoisotopic (exact) mass is 259 g/mol. The minimum Gasteiger partial charge on any atom is -0.492 e. The number of nitrogens with zero attached hydrogens (tertiary/aromatic N) is 1. The number of para-hydroxylation sites is 1. The van der Waals surface area contributed by atoms with E-state index >= 15 is 0 Å². The van der Waals surface area contributed by atoms with Crippen LogP contribution in [0.5, 0.6) is 5.75 Å². The fourth-order valence-electron chi connectivity index (χ4n) is 1.98. The highest BCUT2D eigenvalue weighted by Crippen LogP contribution is 2.09. The molecule has 4 heteroatoms. The molecule has 2 rings (SSSR count). The normalized spacial score (nSPS) is 15.5. The highest BCUT2D eigenvalue weighted by molar-refractivity contribution is 5.80. The lowest BCUT2D eigenvalue weighted by molar-refractivity contribution is 0.321. The number of ether oxygens (including phenoxy) is 1. The highest BCUT2D eigenvalue weighted by Gasteiger charge is 2.10. The van der Waals surface area contributed by atoms with Crippen molar-refractivity contribution in [3.8, 4) is 5.75 Å². The van der Waals surface area contributed by atoms with E-state index in [4.69, 9.17) is 4.74 Å². The summed E-state index contributed by atoms with van der Waals surface area (Å²) in [4.78, 5) is 4.21. The zero-order valence-corrected chi connectivity index (χ0v) is 11.3. The van der Waals surface area contributed by atoms with E-state index in [1.165, 1.54) is 0 Å². The molecule has 0 unspecified atom stereocenters. The van der Waals surface area contributed by atoms with Gasteiger partial charge in [0, 0.05) is 13.1 Å². The first-order valence-electron chi connectivity index (χ1n) is 6.68. The molecule has 0 fully saturated rings. The number of guanidine groups is 1. The molecule has 0 spiro atoms. The Morgan fingerprint density at radius 2 is 2.00 bits per heavy atom. The Hall–Kier alpha value is -1.97. The first-order chi connectivity index (χ1) is 9.38. The second-order valence-corrected chi connectivity index (χ2v) is 4.44. The number of nitrogens with one attached hydrogen (secondary N) is 2. The van der Waals surface area contributed by atoms with Gasteiger partial charge in [0.05, 0.1) is 6.54 Å². The predicted molar refractivity (Wildman–Crippen MR) is 78.6 cm³/mol. The smallest absolute Gasteiger partial charge is 0.191 e. The van der Waals surface area contributed by atoms with Crippen molar-refractivity contribution in [2.75, 3.05) is 20.2 Å². The summed E-state index contributed by atoms with van der Waals surface area (Å²) in [6.07, 6.45) is 6.54. The van der Waals surface area contributed by atoms with Crippen molar-refractivity contribution in [2.24, 2.45) is 4.99 Å². The van der Waals surface area contributed by atoms with Crippen molar-refractivity contribution in [3.63, 3.8) is 0 Å². The lowest BCUT2D eigenvalue weighted by atomic mass is 10.2. The summed E-state index contributed by atoms with van der Waals surface area (Å²) in [6.45, 7) is 1.35. The Morgan fingerprint density at radius 1 is 1.26 bits per heavy atom. The van der Waals surface area contributed by atoms with E-state index in [1.54, 1.807) is 7.05 Å². The number of rotatable bonds is 5. The minimum absolute atomic E-state index is 0.473. The summed E-state index contributed by atoms with van der Waals surface area (Å²) in [5.41, 5.74) is 0. The molecule has 0 aliphatic heterocycles. The van der Waals surface area contributed by atoms with Crippen LogP contribution in [0.3, 0.4) is 0 Å². The van der Waals surface area contributed by atoms with E-state index in [-0.39, 0.29) is 0 Å². The van der Waals surface area contributed by atoms with Gasteiger partial charge in [-0.25, -0.2) is 0 Å². The lowest BCUT2D eigenvalue weighted by Gasteiger charge is -2.17. The molecule has 19 heavy (non-hydrogen) atoms. The molecule has 0 heterocycles. The second-order valence-electron chi connectivity index (χ2n) is 4.44. The summed E-state index contributed by atoms with van der Waals surface area (Å²) in [7, 11) is 1.79. The second kappa shape index (κ2) is 7.46. The summed E-state index contributed by atoms with van der Waals surface area (Å²) in [5.74, 6) is 1.73. The van der Waals surface area contributed by atoms with Crippen molar-refractivity contribution in [3.05, 3.63) is 42.5 Å². The molecule has 0 saturated carbocycles.